The van der Waals surface area contributed by atoms with Gasteiger partial charge in [0.1, 0.15) is 11.3 Å². The van der Waals surface area contributed by atoms with Crippen LogP contribution in [0.15, 0.2) is 41.3 Å². The number of thioether (sulfide) groups is 1. The molecule has 1 aromatic heterocycles. The maximum absolute atomic E-state index is 13.8. The van der Waals surface area contributed by atoms with Crippen molar-refractivity contribution in [2.24, 2.45) is 0 Å². The lowest BCUT2D eigenvalue weighted by Crippen LogP contribution is -2.39. The van der Waals surface area contributed by atoms with Crippen molar-refractivity contribution in [3.8, 4) is 5.75 Å². The number of methoxy groups -OCH3 is 1. The molecule has 0 saturated heterocycles. The van der Waals surface area contributed by atoms with Crippen LogP contribution in [0.25, 0.3) is 10.2 Å². The number of fused-ring (bicyclic) bond motifs is 1. The van der Waals surface area contributed by atoms with E-state index in [9.17, 15) is 4.79 Å². The second kappa shape index (κ2) is 12.4. The van der Waals surface area contributed by atoms with Gasteiger partial charge in [-0.15, -0.1) is 24.2 Å². The van der Waals surface area contributed by atoms with E-state index in [1.165, 1.54) is 0 Å². The van der Waals surface area contributed by atoms with Crippen LogP contribution < -0.4 is 9.64 Å². The molecule has 0 radical (unpaired) electrons. The maximum Gasteiger partial charge on any atom is 0.261 e. The van der Waals surface area contributed by atoms with Gasteiger partial charge in [0.05, 0.1) is 17.4 Å². The van der Waals surface area contributed by atoms with Crippen molar-refractivity contribution in [2.75, 3.05) is 43.9 Å². The summed E-state index contributed by atoms with van der Waals surface area (Å²) in [7, 11) is 1.66. The molecule has 3 aromatic rings. The van der Waals surface area contributed by atoms with E-state index in [2.05, 4.69) is 32.6 Å². The first-order valence-electron chi connectivity index (χ1n) is 10.7. The summed E-state index contributed by atoms with van der Waals surface area (Å²) >= 11 is 3.25. The number of benzene rings is 2. The molecular formula is C24H32ClN3O2S2. The Morgan fingerprint density at radius 2 is 1.81 bits per heavy atom. The summed E-state index contributed by atoms with van der Waals surface area (Å²) in [5, 5.41) is 0.719. The lowest BCUT2D eigenvalue weighted by atomic mass is 10.2. The highest BCUT2D eigenvalue weighted by molar-refractivity contribution is 7.99. The van der Waals surface area contributed by atoms with Gasteiger partial charge in [-0.1, -0.05) is 50.3 Å². The van der Waals surface area contributed by atoms with Gasteiger partial charge in [-0.05, 0) is 49.5 Å². The lowest BCUT2D eigenvalue weighted by molar-refractivity contribution is 0.0981. The predicted octanol–water partition coefficient (Wildman–Crippen LogP) is 6.14. The Labute approximate surface area is 205 Å². The second-order valence-corrected chi connectivity index (χ2v) is 9.46. The van der Waals surface area contributed by atoms with E-state index in [0.717, 1.165) is 62.5 Å². The zero-order valence-corrected chi connectivity index (χ0v) is 21.8. The second-order valence-electron chi connectivity index (χ2n) is 7.17. The number of anilines is 1. The standard InChI is InChI=1S/C24H31N3O2S2.ClH/c1-6-26(7-2)15-16-27(23(28)18-11-9-10-12-20(18)30-8-3)24-25-21-19(29-5)14-13-17(4)22(21)31-24;/h9-14H,6-8,15-16H2,1-5H3;1H. The Morgan fingerprint density at radius 1 is 1.09 bits per heavy atom. The van der Waals surface area contributed by atoms with Gasteiger partial charge in [0.15, 0.2) is 5.13 Å². The number of ether oxygens (including phenoxy) is 1. The van der Waals surface area contributed by atoms with Crippen LogP contribution in [-0.2, 0) is 0 Å². The van der Waals surface area contributed by atoms with E-state index in [0.29, 0.717) is 6.54 Å². The van der Waals surface area contributed by atoms with Gasteiger partial charge < -0.3 is 9.64 Å². The Bertz CT molecular complexity index is 1040. The summed E-state index contributed by atoms with van der Waals surface area (Å²) in [4.78, 5) is 23.8. The number of hydrogen-bond donors (Lipinski definition) is 0. The summed E-state index contributed by atoms with van der Waals surface area (Å²) in [6, 6.07) is 11.8. The molecule has 0 aliphatic heterocycles. The van der Waals surface area contributed by atoms with E-state index in [-0.39, 0.29) is 18.3 Å². The molecule has 0 aliphatic rings. The number of likely N-dealkylation sites (N-methyl/N-ethyl adjacent to an activating group) is 1. The number of carbonyl (C=O) groups excluding carboxylic acids is 1. The van der Waals surface area contributed by atoms with E-state index in [4.69, 9.17) is 9.72 Å². The first-order valence-corrected chi connectivity index (χ1v) is 12.5. The molecule has 0 saturated carbocycles. The summed E-state index contributed by atoms with van der Waals surface area (Å²) in [5.41, 5.74) is 2.69. The molecular weight excluding hydrogens is 462 g/mol. The zero-order chi connectivity index (χ0) is 22.4. The molecule has 1 amide bonds. The molecule has 0 atom stereocenters. The van der Waals surface area contributed by atoms with Gasteiger partial charge >= 0.3 is 0 Å². The van der Waals surface area contributed by atoms with Crippen LogP contribution in [0.4, 0.5) is 5.13 Å². The normalized spacial score (nSPS) is 10.9. The molecule has 0 fully saturated rings. The van der Waals surface area contributed by atoms with Gasteiger partial charge in [0.2, 0.25) is 0 Å². The van der Waals surface area contributed by atoms with E-state index in [1.807, 2.05) is 41.3 Å². The van der Waals surface area contributed by atoms with Crippen molar-refractivity contribution < 1.29 is 9.53 Å². The number of amides is 1. The minimum Gasteiger partial charge on any atom is -0.494 e. The fourth-order valence-corrected chi connectivity index (χ4v) is 5.39. The van der Waals surface area contributed by atoms with Crippen LogP contribution in [0.1, 0.15) is 36.7 Å². The van der Waals surface area contributed by atoms with Gasteiger partial charge in [0.25, 0.3) is 5.91 Å². The summed E-state index contributed by atoms with van der Waals surface area (Å²) in [5.74, 6) is 1.65. The smallest absolute Gasteiger partial charge is 0.261 e. The molecule has 32 heavy (non-hydrogen) atoms. The summed E-state index contributed by atoms with van der Waals surface area (Å²) < 4.78 is 6.60. The van der Waals surface area contributed by atoms with E-state index in [1.54, 1.807) is 30.2 Å². The molecule has 8 heteroatoms. The van der Waals surface area contributed by atoms with Crippen LogP contribution in [-0.4, -0.2) is 54.8 Å². The molecule has 0 spiro atoms. The number of aromatic nitrogens is 1. The lowest BCUT2D eigenvalue weighted by Gasteiger charge is -2.25. The number of hydrogen-bond acceptors (Lipinski definition) is 6. The zero-order valence-electron chi connectivity index (χ0n) is 19.4. The fourth-order valence-electron chi connectivity index (χ4n) is 3.51. The Kier molecular flexibility index (Phi) is 10.3. The molecule has 5 nitrogen and oxygen atoms in total. The molecule has 2 aromatic carbocycles. The van der Waals surface area contributed by atoms with Gasteiger partial charge in [-0.3, -0.25) is 9.69 Å². The van der Waals surface area contributed by atoms with Crippen LogP contribution in [0.3, 0.4) is 0 Å². The highest BCUT2D eigenvalue weighted by atomic mass is 35.5. The molecule has 0 N–H and O–H groups in total. The predicted molar refractivity (Wildman–Crippen MR) is 140 cm³/mol. The molecule has 0 aliphatic carbocycles. The number of rotatable bonds is 10. The van der Waals surface area contributed by atoms with Crippen molar-refractivity contribution in [3.63, 3.8) is 0 Å². The fraction of sp³-hybridized carbons (Fsp3) is 0.417. The average molecular weight is 494 g/mol. The van der Waals surface area contributed by atoms with Gasteiger partial charge in [-0.25, -0.2) is 4.98 Å². The molecule has 0 bridgehead atoms. The first kappa shape index (κ1) is 26.5. The maximum atomic E-state index is 13.8. The molecule has 0 unspecified atom stereocenters. The third-order valence-electron chi connectivity index (χ3n) is 5.34. The highest BCUT2D eigenvalue weighted by Gasteiger charge is 2.25. The largest absolute Gasteiger partial charge is 0.494 e. The highest BCUT2D eigenvalue weighted by Crippen LogP contribution is 2.37. The number of aryl methyl sites for hydroxylation is 1. The van der Waals surface area contributed by atoms with Crippen molar-refractivity contribution in [1.29, 1.82) is 0 Å². The monoisotopic (exact) mass is 493 g/mol. The number of nitrogens with zero attached hydrogens (tertiary/aromatic N) is 3. The summed E-state index contributed by atoms with van der Waals surface area (Å²) in [6.45, 7) is 11.8. The summed E-state index contributed by atoms with van der Waals surface area (Å²) in [6.07, 6.45) is 0. The topological polar surface area (TPSA) is 45.7 Å². The van der Waals surface area contributed by atoms with Crippen molar-refractivity contribution in [3.05, 3.63) is 47.5 Å². The molecule has 3 rings (SSSR count). The van der Waals surface area contributed by atoms with Crippen molar-refractivity contribution >= 4 is 56.8 Å². The van der Waals surface area contributed by atoms with Gasteiger partial charge in [0, 0.05) is 18.0 Å². The van der Waals surface area contributed by atoms with Crippen LogP contribution >= 0.6 is 35.5 Å². The number of thiazole rings is 1. The van der Waals surface area contributed by atoms with Crippen LogP contribution in [0, 0.1) is 6.92 Å². The van der Waals surface area contributed by atoms with E-state index >= 15 is 0 Å². The Balaban J connectivity index is 0.00000363. The third-order valence-corrected chi connectivity index (χ3v) is 7.51. The van der Waals surface area contributed by atoms with Crippen LogP contribution in [0.2, 0.25) is 0 Å². The van der Waals surface area contributed by atoms with Gasteiger partial charge in [-0.2, -0.15) is 0 Å². The molecule has 174 valence electrons. The third kappa shape index (κ3) is 5.76. The van der Waals surface area contributed by atoms with Crippen molar-refractivity contribution in [1.82, 2.24) is 9.88 Å². The number of carbonyl (C=O) groups is 1. The Morgan fingerprint density at radius 3 is 2.47 bits per heavy atom. The van der Waals surface area contributed by atoms with E-state index < -0.39 is 0 Å². The average Bonchev–Trinajstić information content (AvgIpc) is 3.23. The minimum absolute atomic E-state index is 0. The SMILES string of the molecule is CCSc1ccccc1C(=O)N(CCN(CC)CC)c1nc2c(OC)ccc(C)c2s1.Cl. The first-order chi connectivity index (χ1) is 15.0. The minimum atomic E-state index is -0.000572. The van der Waals surface area contributed by atoms with Crippen molar-refractivity contribution in [2.45, 2.75) is 32.6 Å². The van der Waals surface area contributed by atoms with Crippen LogP contribution in [0.5, 0.6) is 5.75 Å². The Hall–Kier alpha value is -1.80. The molecule has 1 heterocycles. The quantitative estimate of drug-likeness (QED) is 0.317. The number of halogens is 1.